The average molecular weight is 265 g/mol. The first-order chi connectivity index (χ1) is 7.89. The lowest BCUT2D eigenvalue weighted by molar-refractivity contribution is -0.141. The standard InChI is InChI=1S/C9H10F3N3OS/c10-9(11,12)6-5(17-8(13)14-6)7(16)15-3-1-2-4-15/h1-4H2,(H2,13,14). The average Bonchev–Trinajstić information content (AvgIpc) is 2.83. The first-order valence-corrected chi connectivity index (χ1v) is 5.84. The van der Waals surface area contributed by atoms with E-state index >= 15 is 0 Å². The molecule has 4 nitrogen and oxygen atoms in total. The van der Waals surface area contributed by atoms with E-state index in [0.717, 1.165) is 12.8 Å². The van der Waals surface area contributed by atoms with E-state index < -0.39 is 22.7 Å². The summed E-state index contributed by atoms with van der Waals surface area (Å²) in [6, 6.07) is 0. The highest BCUT2D eigenvalue weighted by Crippen LogP contribution is 2.36. The van der Waals surface area contributed by atoms with Crippen molar-refractivity contribution < 1.29 is 18.0 Å². The Morgan fingerprint density at radius 2 is 1.94 bits per heavy atom. The van der Waals surface area contributed by atoms with E-state index in [9.17, 15) is 18.0 Å². The zero-order valence-corrected chi connectivity index (χ0v) is 9.57. The molecule has 1 aromatic rings. The summed E-state index contributed by atoms with van der Waals surface area (Å²) in [5.74, 6) is -0.621. The van der Waals surface area contributed by atoms with Crippen LogP contribution in [-0.2, 0) is 6.18 Å². The van der Waals surface area contributed by atoms with E-state index in [-0.39, 0.29) is 5.13 Å². The summed E-state index contributed by atoms with van der Waals surface area (Å²) < 4.78 is 37.9. The number of aromatic nitrogens is 1. The maximum absolute atomic E-state index is 12.6. The molecule has 1 aliphatic heterocycles. The van der Waals surface area contributed by atoms with Gasteiger partial charge in [0.2, 0.25) is 0 Å². The second-order valence-corrected chi connectivity index (χ2v) is 4.76. The van der Waals surface area contributed by atoms with Crippen molar-refractivity contribution >= 4 is 22.4 Å². The van der Waals surface area contributed by atoms with Gasteiger partial charge in [0.15, 0.2) is 10.8 Å². The third-order valence-corrected chi connectivity index (χ3v) is 3.37. The van der Waals surface area contributed by atoms with Gasteiger partial charge in [-0.05, 0) is 12.8 Å². The summed E-state index contributed by atoms with van der Waals surface area (Å²) in [6.07, 6.45) is -3.00. The molecule has 0 atom stereocenters. The van der Waals surface area contributed by atoms with Gasteiger partial charge in [0.1, 0.15) is 4.88 Å². The first kappa shape index (κ1) is 12.2. The topological polar surface area (TPSA) is 59.2 Å². The van der Waals surface area contributed by atoms with Crippen molar-refractivity contribution in [1.29, 1.82) is 0 Å². The summed E-state index contributed by atoms with van der Waals surface area (Å²) in [4.78, 5) is 16.1. The molecule has 2 heterocycles. The second-order valence-electron chi connectivity index (χ2n) is 3.73. The van der Waals surface area contributed by atoms with Crippen LogP contribution in [0, 0.1) is 0 Å². The summed E-state index contributed by atoms with van der Waals surface area (Å²) in [6.45, 7) is 0.988. The van der Waals surface area contributed by atoms with Crippen LogP contribution in [0.25, 0.3) is 0 Å². The van der Waals surface area contributed by atoms with Gasteiger partial charge in [-0.15, -0.1) is 0 Å². The van der Waals surface area contributed by atoms with E-state index in [4.69, 9.17) is 5.73 Å². The van der Waals surface area contributed by atoms with Crippen molar-refractivity contribution in [2.75, 3.05) is 18.8 Å². The van der Waals surface area contributed by atoms with E-state index in [0.29, 0.717) is 24.4 Å². The molecule has 0 spiro atoms. The summed E-state index contributed by atoms with van der Waals surface area (Å²) in [7, 11) is 0. The highest BCUT2D eigenvalue weighted by atomic mass is 32.1. The maximum Gasteiger partial charge on any atom is 0.435 e. The van der Waals surface area contributed by atoms with Crippen LogP contribution in [0.1, 0.15) is 28.2 Å². The Labute approximate surface area is 99.2 Å². The molecular weight excluding hydrogens is 255 g/mol. The Morgan fingerprint density at radius 1 is 1.35 bits per heavy atom. The summed E-state index contributed by atoms with van der Waals surface area (Å²) in [5.41, 5.74) is 4.08. The molecule has 0 bridgehead atoms. The minimum Gasteiger partial charge on any atom is -0.375 e. The highest BCUT2D eigenvalue weighted by molar-refractivity contribution is 7.17. The fraction of sp³-hybridized carbons (Fsp3) is 0.556. The SMILES string of the molecule is Nc1nc(C(F)(F)F)c(C(=O)N2CCCC2)s1. The number of halogens is 3. The zero-order valence-electron chi connectivity index (χ0n) is 8.75. The van der Waals surface area contributed by atoms with Crippen LogP contribution in [0.3, 0.4) is 0 Å². The molecule has 94 valence electrons. The number of carbonyl (C=O) groups is 1. The Hall–Kier alpha value is -1.31. The number of nitrogen functional groups attached to an aromatic ring is 1. The Morgan fingerprint density at radius 3 is 2.47 bits per heavy atom. The molecule has 0 radical (unpaired) electrons. The molecule has 17 heavy (non-hydrogen) atoms. The molecule has 0 aromatic carbocycles. The van der Waals surface area contributed by atoms with Gasteiger partial charge in [-0.2, -0.15) is 13.2 Å². The van der Waals surface area contributed by atoms with Gasteiger partial charge in [-0.1, -0.05) is 11.3 Å². The molecule has 1 aromatic heterocycles. The number of rotatable bonds is 1. The molecule has 1 fully saturated rings. The Balaban J connectivity index is 2.34. The van der Waals surface area contributed by atoms with Crippen molar-refractivity contribution in [2.45, 2.75) is 19.0 Å². The number of alkyl halides is 3. The van der Waals surface area contributed by atoms with E-state index in [1.54, 1.807) is 0 Å². The van der Waals surface area contributed by atoms with Gasteiger partial charge in [0.05, 0.1) is 0 Å². The lowest BCUT2D eigenvalue weighted by Gasteiger charge is -2.15. The number of thiazole rings is 1. The van der Waals surface area contributed by atoms with Crippen LogP contribution < -0.4 is 5.73 Å². The van der Waals surface area contributed by atoms with E-state index in [1.165, 1.54) is 4.90 Å². The van der Waals surface area contributed by atoms with Gasteiger partial charge < -0.3 is 10.6 Å². The molecule has 2 rings (SSSR count). The zero-order chi connectivity index (χ0) is 12.6. The molecular formula is C9H10F3N3OS. The molecule has 2 N–H and O–H groups in total. The number of likely N-dealkylation sites (tertiary alicyclic amines) is 1. The first-order valence-electron chi connectivity index (χ1n) is 5.02. The molecule has 1 amide bonds. The number of hydrogen-bond acceptors (Lipinski definition) is 4. The Kier molecular flexibility index (Phi) is 2.98. The normalized spacial score (nSPS) is 16.5. The largest absolute Gasteiger partial charge is 0.435 e. The number of nitrogens with two attached hydrogens (primary N) is 1. The predicted molar refractivity (Wildman–Crippen MR) is 56.7 cm³/mol. The highest BCUT2D eigenvalue weighted by Gasteiger charge is 2.40. The van der Waals surface area contributed by atoms with Gasteiger partial charge in [0, 0.05) is 13.1 Å². The fourth-order valence-electron chi connectivity index (χ4n) is 1.74. The van der Waals surface area contributed by atoms with Crippen molar-refractivity contribution in [3.05, 3.63) is 10.6 Å². The lowest BCUT2D eigenvalue weighted by atomic mass is 10.3. The van der Waals surface area contributed by atoms with Gasteiger partial charge in [-0.3, -0.25) is 4.79 Å². The molecule has 0 unspecified atom stereocenters. The third-order valence-electron chi connectivity index (χ3n) is 2.50. The van der Waals surface area contributed by atoms with Crippen LogP contribution in [0.5, 0.6) is 0 Å². The van der Waals surface area contributed by atoms with Crippen molar-refractivity contribution in [3.8, 4) is 0 Å². The minimum absolute atomic E-state index is 0.236. The molecule has 8 heteroatoms. The molecule has 1 saturated heterocycles. The van der Waals surface area contributed by atoms with E-state index in [1.807, 2.05) is 0 Å². The number of hydrogen-bond donors (Lipinski definition) is 1. The van der Waals surface area contributed by atoms with Gasteiger partial charge in [-0.25, -0.2) is 4.98 Å². The predicted octanol–water partition coefficient (Wildman–Crippen LogP) is 1.98. The quantitative estimate of drug-likeness (QED) is 0.844. The van der Waals surface area contributed by atoms with Crippen LogP contribution >= 0.6 is 11.3 Å². The maximum atomic E-state index is 12.6. The van der Waals surface area contributed by atoms with E-state index in [2.05, 4.69) is 4.98 Å². The number of carbonyl (C=O) groups excluding carboxylic acids is 1. The smallest absolute Gasteiger partial charge is 0.375 e. The minimum atomic E-state index is -4.64. The molecule has 0 aliphatic carbocycles. The third kappa shape index (κ3) is 2.36. The van der Waals surface area contributed by atoms with Crippen LogP contribution in [0.2, 0.25) is 0 Å². The summed E-state index contributed by atoms with van der Waals surface area (Å²) >= 11 is 0.592. The Bertz CT molecular complexity index is 437. The van der Waals surface area contributed by atoms with Crippen molar-refractivity contribution in [3.63, 3.8) is 0 Å². The summed E-state index contributed by atoms with van der Waals surface area (Å²) in [5, 5.41) is -0.236. The van der Waals surface area contributed by atoms with Crippen LogP contribution in [0.4, 0.5) is 18.3 Å². The van der Waals surface area contributed by atoms with Crippen molar-refractivity contribution in [1.82, 2.24) is 9.88 Å². The van der Waals surface area contributed by atoms with Crippen LogP contribution in [0.15, 0.2) is 0 Å². The number of amides is 1. The second kappa shape index (κ2) is 4.17. The molecule has 1 aliphatic rings. The van der Waals surface area contributed by atoms with Gasteiger partial charge in [0.25, 0.3) is 5.91 Å². The van der Waals surface area contributed by atoms with Gasteiger partial charge >= 0.3 is 6.18 Å². The number of nitrogens with zero attached hydrogens (tertiary/aromatic N) is 2. The number of anilines is 1. The molecule has 0 saturated carbocycles. The van der Waals surface area contributed by atoms with Crippen LogP contribution in [-0.4, -0.2) is 28.9 Å². The monoisotopic (exact) mass is 265 g/mol. The lowest BCUT2D eigenvalue weighted by Crippen LogP contribution is -2.28. The van der Waals surface area contributed by atoms with Crippen molar-refractivity contribution in [2.24, 2.45) is 0 Å². The fourth-order valence-corrected chi connectivity index (χ4v) is 2.56.